The van der Waals surface area contributed by atoms with E-state index in [2.05, 4.69) is 46.3 Å². The van der Waals surface area contributed by atoms with Gasteiger partial charge in [0, 0.05) is 36.3 Å². The fraction of sp³-hybridized carbons (Fsp3) is 0.206. The molecule has 232 valence electrons. The van der Waals surface area contributed by atoms with Crippen LogP contribution in [-0.4, -0.2) is 58.4 Å². The number of likely N-dealkylation sites (N-methyl/N-ethyl adjacent to an activating group) is 1. The van der Waals surface area contributed by atoms with Crippen molar-refractivity contribution in [2.45, 2.75) is 25.5 Å². The van der Waals surface area contributed by atoms with E-state index in [-0.39, 0.29) is 35.9 Å². The first-order valence-electron chi connectivity index (χ1n) is 14.3. The third kappa shape index (κ3) is 7.63. The molecule has 4 aromatic rings. The highest BCUT2D eigenvalue weighted by Gasteiger charge is 2.52. The van der Waals surface area contributed by atoms with Crippen LogP contribution in [0.2, 0.25) is 0 Å². The molecule has 11 nitrogen and oxygen atoms in total. The largest absolute Gasteiger partial charge is 0.431 e. The zero-order valence-corrected chi connectivity index (χ0v) is 25.3. The number of benzene rings is 3. The summed E-state index contributed by atoms with van der Waals surface area (Å²) in [7, 11) is 1.73. The molecule has 0 aliphatic carbocycles. The molecule has 2 fully saturated rings. The van der Waals surface area contributed by atoms with Crippen molar-refractivity contribution in [3.8, 4) is 0 Å². The molecule has 2 saturated heterocycles. The van der Waals surface area contributed by atoms with Crippen molar-refractivity contribution in [3.63, 3.8) is 0 Å². The van der Waals surface area contributed by atoms with E-state index in [4.69, 9.17) is 4.74 Å². The number of ether oxygens (including phenoxy) is 1. The number of rotatable bonds is 3. The van der Waals surface area contributed by atoms with Crippen molar-refractivity contribution in [1.82, 2.24) is 30.8 Å². The highest BCUT2D eigenvalue weighted by Crippen LogP contribution is 2.43. The molecule has 5 amide bonds. The fourth-order valence-corrected chi connectivity index (χ4v) is 5.10. The van der Waals surface area contributed by atoms with Gasteiger partial charge in [-0.2, -0.15) is 0 Å². The molecule has 0 bridgehead atoms. The number of nitrogens with zero attached hydrogens (tertiary/aromatic N) is 2. The predicted octanol–water partition coefficient (Wildman–Crippen LogP) is 4.83. The van der Waals surface area contributed by atoms with Gasteiger partial charge in [0.25, 0.3) is 11.8 Å². The topological polar surface area (TPSA) is 146 Å². The molecule has 0 radical (unpaired) electrons. The molecular formula is C34H36N6O5. The van der Waals surface area contributed by atoms with Gasteiger partial charge in [-0.3, -0.25) is 14.9 Å². The van der Waals surface area contributed by atoms with Crippen molar-refractivity contribution in [2.24, 2.45) is 5.92 Å². The first kappa shape index (κ1) is 32.2. The van der Waals surface area contributed by atoms with Crippen molar-refractivity contribution >= 4 is 23.9 Å². The lowest BCUT2D eigenvalue weighted by Gasteiger charge is -2.35. The molecule has 1 atom stereocenters. The molecule has 45 heavy (non-hydrogen) atoms. The number of hydrogen-bond donors (Lipinski definition) is 4. The number of nitrogens with one attached hydrogen (secondary N) is 4. The Bertz CT molecular complexity index is 1530. The SMILES string of the molecule is C=C1CN(C)C(=O)N1.CC(C)C1NC(=O)OC1(c1ccccc1)c1ccccc1.O=C1NC(=O)c2ccccc21.c1c[nH]cn1. The summed E-state index contributed by atoms with van der Waals surface area (Å²) in [6.45, 7) is 8.41. The van der Waals surface area contributed by atoms with Gasteiger partial charge >= 0.3 is 12.1 Å². The lowest BCUT2D eigenvalue weighted by atomic mass is 9.76. The number of H-pyrrole nitrogens is 1. The predicted molar refractivity (Wildman–Crippen MR) is 169 cm³/mol. The molecule has 3 aromatic carbocycles. The van der Waals surface area contributed by atoms with Gasteiger partial charge in [0.05, 0.1) is 30.0 Å². The normalized spacial score (nSPS) is 17.3. The summed E-state index contributed by atoms with van der Waals surface area (Å²) in [5.74, 6) is -0.354. The van der Waals surface area contributed by atoms with Gasteiger partial charge in [-0.1, -0.05) is 93.2 Å². The number of imide groups is 1. The Balaban J connectivity index is 0.000000159. The molecule has 1 aromatic heterocycles. The maximum absolute atomic E-state index is 12.0. The van der Waals surface area contributed by atoms with Crippen molar-refractivity contribution in [3.05, 3.63) is 138 Å². The molecule has 11 heteroatoms. The van der Waals surface area contributed by atoms with Crippen molar-refractivity contribution in [1.29, 1.82) is 0 Å². The third-order valence-electron chi connectivity index (χ3n) is 7.14. The summed E-state index contributed by atoms with van der Waals surface area (Å²) in [4.78, 5) is 52.4. The van der Waals surface area contributed by atoms with Crippen LogP contribution in [0, 0.1) is 5.92 Å². The lowest BCUT2D eigenvalue weighted by molar-refractivity contribution is 0.0584. The van der Waals surface area contributed by atoms with E-state index in [1.165, 1.54) is 0 Å². The summed E-state index contributed by atoms with van der Waals surface area (Å²) >= 11 is 0. The van der Waals surface area contributed by atoms with Crippen LogP contribution in [0.4, 0.5) is 9.59 Å². The van der Waals surface area contributed by atoms with E-state index in [1.54, 1.807) is 54.9 Å². The number of amides is 5. The standard InChI is InChI=1S/C18H19NO2.C8H5NO2.C5H8N2O.C3H4N2/c1-13(2)16-18(21-17(20)19-16,14-9-5-3-6-10-14)15-11-7-4-8-12-15;10-7-5-3-1-2-4-6(5)8(11)9-7;1-4-3-7(2)5(8)6-4;1-2-5-3-4-1/h3-13,16H,1-2H3,(H,19,20);1-4H,(H,9,10,11);1,3H2,2H3,(H,6,8);1-3H,(H,4,5). The van der Waals surface area contributed by atoms with Gasteiger partial charge in [0.15, 0.2) is 5.60 Å². The summed E-state index contributed by atoms with van der Waals surface area (Å²) in [5, 5.41) is 7.74. The number of carbonyl (C=O) groups is 4. The van der Waals surface area contributed by atoms with Crippen LogP contribution >= 0.6 is 0 Å². The van der Waals surface area contributed by atoms with Gasteiger partial charge in [-0.25, -0.2) is 14.6 Å². The molecule has 0 saturated carbocycles. The lowest BCUT2D eigenvalue weighted by Crippen LogP contribution is -2.45. The van der Waals surface area contributed by atoms with E-state index in [1.807, 2.05) is 60.7 Å². The molecule has 4 heterocycles. The van der Waals surface area contributed by atoms with Crippen LogP contribution in [0.25, 0.3) is 0 Å². The summed E-state index contributed by atoms with van der Waals surface area (Å²) in [6.07, 6.45) is 4.72. The molecule has 4 N–H and O–H groups in total. The van der Waals surface area contributed by atoms with Crippen LogP contribution in [0.1, 0.15) is 45.7 Å². The number of cyclic esters (lactones) is 1. The highest BCUT2D eigenvalue weighted by molar-refractivity contribution is 6.21. The van der Waals surface area contributed by atoms with E-state index in [0.717, 1.165) is 16.8 Å². The fourth-order valence-electron chi connectivity index (χ4n) is 5.10. The monoisotopic (exact) mass is 608 g/mol. The van der Waals surface area contributed by atoms with Crippen molar-refractivity contribution < 1.29 is 23.9 Å². The Morgan fingerprint density at radius 1 is 0.844 bits per heavy atom. The minimum absolute atomic E-state index is 0.0602. The zero-order chi connectivity index (χ0) is 32.4. The van der Waals surface area contributed by atoms with E-state index in [9.17, 15) is 19.2 Å². The summed E-state index contributed by atoms with van der Waals surface area (Å²) in [6, 6.07) is 26.5. The molecular weight excluding hydrogens is 572 g/mol. The number of imidazole rings is 1. The van der Waals surface area contributed by atoms with Gasteiger partial charge < -0.3 is 25.3 Å². The van der Waals surface area contributed by atoms with Gasteiger partial charge in [-0.05, 0) is 18.1 Å². The maximum atomic E-state index is 12.0. The van der Waals surface area contributed by atoms with Crippen molar-refractivity contribution in [2.75, 3.05) is 13.6 Å². The van der Waals surface area contributed by atoms with Crippen LogP contribution < -0.4 is 16.0 Å². The second kappa shape index (κ2) is 14.6. The van der Waals surface area contributed by atoms with Gasteiger partial charge in [0.1, 0.15) is 0 Å². The smallest absolute Gasteiger partial charge is 0.408 e. The summed E-state index contributed by atoms with van der Waals surface area (Å²) in [5.41, 5.74) is 2.93. The zero-order valence-electron chi connectivity index (χ0n) is 25.3. The molecule has 0 spiro atoms. The average Bonchev–Trinajstić information content (AvgIpc) is 3.85. The number of hydrogen-bond acceptors (Lipinski definition) is 6. The first-order chi connectivity index (χ1) is 21.6. The quantitative estimate of drug-likeness (QED) is 0.245. The Morgan fingerprint density at radius 2 is 1.38 bits per heavy atom. The summed E-state index contributed by atoms with van der Waals surface area (Å²) < 4.78 is 5.84. The molecule has 1 unspecified atom stereocenters. The number of alkyl carbamates (subject to hydrolysis) is 1. The molecule has 3 aliphatic rings. The van der Waals surface area contributed by atoms with E-state index in [0.29, 0.717) is 17.7 Å². The van der Waals surface area contributed by atoms with Crippen LogP contribution in [0.3, 0.4) is 0 Å². The number of urea groups is 1. The second-order valence-electron chi connectivity index (χ2n) is 10.7. The Kier molecular flexibility index (Phi) is 10.5. The number of aromatic amines is 1. The minimum atomic E-state index is -0.770. The minimum Gasteiger partial charge on any atom is -0.431 e. The first-order valence-corrected chi connectivity index (χ1v) is 14.3. The number of carbonyl (C=O) groups excluding carboxylic acids is 4. The highest BCUT2D eigenvalue weighted by atomic mass is 16.6. The van der Waals surface area contributed by atoms with Crippen LogP contribution in [0.15, 0.2) is 116 Å². The van der Waals surface area contributed by atoms with Crippen LogP contribution in [0.5, 0.6) is 0 Å². The maximum Gasteiger partial charge on any atom is 0.408 e. The van der Waals surface area contributed by atoms with E-state index < -0.39 is 5.60 Å². The molecule has 7 rings (SSSR count). The Labute approximate surface area is 261 Å². The van der Waals surface area contributed by atoms with Crippen LogP contribution in [-0.2, 0) is 10.3 Å². The number of fused-ring (bicyclic) bond motifs is 1. The average molecular weight is 609 g/mol. The Morgan fingerprint density at radius 3 is 1.73 bits per heavy atom. The number of aromatic nitrogens is 2. The molecule has 3 aliphatic heterocycles. The Hall–Kier alpha value is -5.71. The van der Waals surface area contributed by atoms with Gasteiger partial charge in [0.2, 0.25) is 0 Å². The van der Waals surface area contributed by atoms with Gasteiger partial charge in [-0.15, -0.1) is 0 Å². The second-order valence-corrected chi connectivity index (χ2v) is 10.7. The van der Waals surface area contributed by atoms with E-state index >= 15 is 0 Å². The third-order valence-corrected chi connectivity index (χ3v) is 7.14.